The smallest absolute Gasteiger partial charge is 0.318 e. The average molecular weight is 388 g/mol. The lowest BCUT2D eigenvalue weighted by Gasteiger charge is -2.13. The fourth-order valence-corrected chi connectivity index (χ4v) is 3.59. The highest BCUT2D eigenvalue weighted by Crippen LogP contribution is 2.31. The summed E-state index contributed by atoms with van der Waals surface area (Å²) in [6.07, 6.45) is 0. The maximum atomic E-state index is 11.8. The average Bonchev–Trinajstić information content (AvgIpc) is 3.04. The largest absolute Gasteiger partial charge is 0.468 e. The van der Waals surface area contributed by atoms with E-state index in [4.69, 9.17) is 16.3 Å². The minimum atomic E-state index is -0.391. The molecule has 0 N–H and O–H groups in total. The van der Waals surface area contributed by atoms with Crippen LogP contribution in [0.3, 0.4) is 0 Å². The van der Waals surface area contributed by atoms with E-state index in [1.54, 1.807) is 6.92 Å². The molecule has 0 aliphatic rings. The lowest BCUT2D eigenvalue weighted by molar-refractivity contribution is -0.139. The van der Waals surface area contributed by atoms with Crippen LogP contribution in [0.15, 0.2) is 59.8 Å². The standard InChI is InChI=1S/C19H18ClN3O2S/c1-13(18(24)25-2)26-19-22-21-17(15-10-6-7-11-16(15)20)23(19)12-14-8-4-3-5-9-14/h3-11,13H,12H2,1-2H3. The molecule has 3 rings (SSSR count). The van der Waals surface area contributed by atoms with E-state index in [-0.39, 0.29) is 5.97 Å². The van der Waals surface area contributed by atoms with Crippen molar-refractivity contribution in [2.24, 2.45) is 0 Å². The number of ether oxygens (including phenoxy) is 1. The van der Waals surface area contributed by atoms with E-state index in [0.29, 0.717) is 22.5 Å². The van der Waals surface area contributed by atoms with E-state index in [1.165, 1.54) is 18.9 Å². The summed E-state index contributed by atoms with van der Waals surface area (Å²) in [4.78, 5) is 11.8. The number of carbonyl (C=O) groups is 1. The normalized spacial score (nSPS) is 12.0. The molecule has 5 nitrogen and oxygen atoms in total. The summed E-state index contributed by atoms with van der Waals surface area (Å²) in [5.41, 5.74) is 1.91. The van der Waals surface area contributed by atoms with Crippen molar-refractivity contribution in [3.63, 3.8) is 0 Å². The van der Waals surface area contributed by atoms with Gasteiger partial charge in [0.15, 0.2) is 11.0 Å². The molecule has 1 aromatic heterocycles. The van der Waals surface area contributed by atoms with E-state index < -0.39 is 5.25 Å². The van der Waals surface area contributed by atoms with Gasteiger partial charge < -0.3 is 4.74 Å². The molecular weight excluding hydrogens is 370 g/mol. The fourth-order valence-electron chi connectivity index (χ4n) is 2.50. The Morgan fingerprint density at radius 2 is 1.85 bits per heavy atom. The maximum Gasteiger partial charge on any atom is 0.318 e. The predicted octanol–water partition coefficient (Wildman–Crippen LogP) is 4.30. The molecular formula is C19H18ClN3O2S. The van der Waals surface area contributed by atoms with Crippen molar-refractivity contribution in [3.05, 3.63) is 65.2 Å². The molecule has 0 radical (unpaired) electrons. The van der Waals surface area contributed by atoms with Gasteiger partial charge >= 0.3 is 5.97 Å². The quantitative estimate of drug-likeness (QED) is 0.466. The number of thioether (sulfide) groups is 1. The third-order valence-electron chi connectivity index (χ3n) is 3.83. The minimum Gasteiger partial charge on any atom is -0.468 e. The molecule has 26 heavy (non-hydrogen) atoms. The molecule has 1 heterocycles. The maximum absolute atomic E-state index is 11.8. The molecule has 0 aliphatic heterocycles. The van der Waals surface area contributed by atoms with Crippen LogP contribution in [0.2, 0.25) is 5.02 Å². The number of hydrogen-bond acceptors (Lipinski definition) is 5. The molecule has 0 bridgehead atoms. The van der Waals surface area contributed by atoms with Crippen LogP contribution in [0.25, 0.3) is 11.4 Å². The molecule has 2 aromatic carbocycles. The summed E-state index contributed by atoms with van der Waals surface area (Å²) >= 11 is 7.67. The van der Waals surface area contributed by atoms with Gasteiger partial charge in [-0.1, -0.05) is 65.8 Å². The number of rotatable bonds is 6. The second kappa shape index (κ2) is 8.38. The van der Waals surface area contributed by atoms with E-state index in [1.807, 2.05) is 59.2 Å². The van der Waals surface area contributed by atoms with Crippen molar-refractivity contribution >= 4 is 29.3 Å². The molecule has 3 aromatic rings. The molecule has 7 heteroatoms. The fraction of sp³-hybridized carbons (Fsp3) is 0.211. The van der Waals surface area contributed by atoms with E-state index in [9.17, 15) is 4.79 Å². The topological polar surface area (TPSA) is 57.0 Å². The highest BCUT2D eigenvalue weighted by molar-refractivity contribution is 8.00. The van der Waals surface area contributed by atoms with Crippen LogP contribution in [0.4, 0.5) is 0 Å². The first-order valence-corrected chi connectivity index (χ1v) is 9.32. The second-order valence-corrected chi connectivity index (χ2v) is 7.36. The third-order valence-corrected chi connectivity index (χ3v) is 5.22. The van der Waals surface area contributed by atoms with Gasteiger partial charge in [-0.25, -0.2) is 0 Å². The monoisotopic (exact) mass is 387 g/mol. The second-order valence-electron chi connectivity index (χ2n) is 5.64. The first-order valence-electron chi connectivity index (χ1n) is 8.06. The SMILES string of the molecule is COC(=O)C(C)Sc1nnc(-c2ccccc2Cl)n1Cc1ccccc1. The number of nitrogens with zero attached hydrogens (tertiary/aromatic N) is 3. The molecule has 0 aliphatic carbocycles. The number of halogens is 1. The molecule has 0 saturated heterocycles. The van der Waals surface area contributed by atoms with Gasteiger partial charge in [0.25, 0.3) is 0 Å². The van der Waals surface area contributed by atoms with Crippen molar-refractivity contribution in [2.45, 2.75) is 23.9 Å². The number of benzene rings is 2. The Morgan fingerprint density at radius 1 is 1.15 bits per heavy atom. The van der Waals surface area contributed by atoms with Crippen LogP contribution in [0, 0.1) is 0 Å². The summed E-state index contributed by atoms with van der Waals surface area (Å²) in [6, 6.07) is 17.5. The third kappa shape index (κ3) is 4.08. The summed E-state index contributed by atoms with van der Waals surface area (Å²) in [5, 5.41) is 9.49. The van der Waals surface area contributed by atoms with Gasteiger partial charge in [0.2, 0.25) is 0 Å². The van der Waals surface area contributed by atoms with Crippen molar-refractivity contribution in [1.29, 1.82) is 0 Å². The van der Waals surface area contributed by atoms with Gasteiger partial charge in [-0.05, 0) is 24.6 Å². The van der Waals surface area contributed by atoms with Gasteiger partial charge in [-0.3, -0.25) is 9.36 Å². The summed E-state index contributed by atoms with van der Waals surface area (Å²) in [6.45, 7) is 2.36. The summed E-state index contributed by atoms with van der Waals surface area (Å²) in [7, 11) is 1.38. The van der Waals surface area contributed by atoms with Crippen molar-refractivity contribution in [2.75, 3.05) is 7.11 Å². The molecule has 0 saturated carbocycles. The lowest BCUT2D eigenvalue weighted by atomic mass is 10.2. The van der Waals surface area contributed by atoms with Crippen LogP contribution in [-0.2, 0) is 16.1 Å². The number of aromatic nitrogens is 3. The summed E-state index contributed by atoms with van der Waals surface area (Å²) < 4.78 is 6.79. The van der Waals surface area contributed by atoms with E-state index in [0.717, 1.165) is 11.1 Å². The Hall–Kier alpha value is -2.31. The van der Waals surface area contributed by atoms with Gasteiger partial charge in [0.05, 0.1) is 18.7 Å². The number of methoxy groups -OCH3 is 1. The van der Waals surface area contributed by atoms with Gasteiger partial charge in [0, 0.05) is 5.56 Å². The highest BCUT2D eigenvalue weighted by Gasteiger charge is 2.22. The Labute approximate surface area is 161 Å². The van der Waals surface area contributed by atoms with Gasteiger partial charge in [0.1, 0.15) is 5.25 Å². The van der Waals surface area contributed by atoms with Gasteiger partial charge in [-0.2, -0.15) is 0 Å². The Kier molecular flexibility index (Phi) is 5.96. The zero-order valence-corrected chi connectivity index (χ0v) is 16.0. The number of hydrogen-bond donors (Lipinski definition) is 0. The van der Waals surface area contributed by atoms with Crippen LogP contribution in [-0.4, -0.2) is 33.1 Å². The summed E-state index contributed by atoms with van der Waals surface area (Å²) in [5.74, 6) is 0.363. The lowest BCUT2D eigenvalue weighted by Crippen LogP contribution is -2.16. The molecule has 0 spiro atoms. The number of carbonyl (C=O) groups excluding carboxylic acids is 1. The van der Waals surface area contributed by atoms with E-state index in [2.05, 4.69) is 10.2 Å². The first kappa shape index (κ1) is 18.5. The first-order chi connectivity index (χ1) is 12.6. The van der Waals surface area contributed by atoms with Crippen LogP contribution < -0.4 is 0 Å². The van der Waals surface area contributed by atoms with Crippen LogP contribution in [0.5, 0.6) is 0 Å². The molecule has 0 fully saturated rings. The highest BCUT2D eigenvalue weighted by atomic mass is 35.5. The van der Waals surface area contributed by atoms with Crippen LogP contribution >= 0.6 is 23.4 Å². The van der Waals surface area contributed by atoms with Crippen molar-refractivity contribution in [3.8, 4) is 11.4 Å². The minimum absolute atomic E-state index is 0.302. The zero-order valence-electron chi connectivity index (χ0n) is 14.4. The molecule has 1 unspecified atom stereocenters. The van der Waals surface area contributed by atoms with Crippen molar-refractivity contribution in [1.82, 2.24) is 14.8 Å². The Bertz CT molecular complexity index is 899. The molecule has 0 amide bonds. The van der Waals surface area contributed by atoms with Gasteiger partial charge in [-0.15, -0.1) is 10.2 Å². The van der Waals surface area contributed by atoms with Crippen LogP contribution in [0.1, 0.15) is 12.5 Å². The predicted molar refractivity (Wildman–Crippen MR) is 103 cm³/mol. The zero-order chi connectivity index (χ0) is 18.5. The Morgan fingerprint density at radius 3 is 2.54 bits per heavy atom. The van der Waals surface area contributed by atoms with Crippen molar-refractivity contribution < 1.29 is 9.53 Å². The number of esters is 1. The van der Waals surface area contributed by atoms with E-state index >= 15 is 0 Å². The molecule has 1 atom stereocenters. The molecule has 134 valence electrons. The Balaban J connectivity index is 2.02.